The summed E-state index contributed by atoms with van der Waals surface area (Å²) in [6.45, 7) is 1.83. The second kappa shape index (κ2) is 4.44. The Labute approximate surface area is 95.9 Å². The van der Waals surface area contributed by atoms with Crippen LogP contribution in [0.2, 0.25) is 0 Å². The van der Waals surface area contributed by atoms with Crippen LogP contribution in [0.5, 0.6) is 5.75 Å². The van der Waals surface area contributed by atoms with Crippen molar-refractivity contribution in [2.75, 3.05) is 0 Å². The van der Waals surface area contributed by atoms with Gasteiger partial charge in [0, 0.05) is 5.56 Å². The maximum atomic E-state index is 10.1. The molecule has 0 amide bonds. The summed E-state index contributed by atoms with van der Waals surface area (Å²) in [7, 11) is 0. The van der Waals surface area contributed by atoms with Crippen LogP contribution < -0.4 is 5.73 Å². The van der Waals surface area contributed by atoms with Gasteiger partial charge < -0.3 is 15.9 Å². The van der Waals surface area contributed by atoms with Crippen molar-refractivity contribution in [1.82, 2.24) is 0 Å². The van der Waals surface area contributed by atoms with E-state index in [1.54, 1.807) is 6.07 Å². The smallest absolute Gasteiger partial charge is 0.123 e. The van der Waals surface area contributed by atoms with E-state index in [0.717, 1.165) is 18.4 Å². The molecule has 0 aliphatic heterocycles. The van der Waals surface area contributed by atoms with Gasteiger partial charge in [0.15, 0.2) is 0 Å². The van der Waals surface area contributed by atoms with E-state index in [0.29, 0.717) is 11.5 Å². The van der Waals surface area contributed by atoms with Crippen molar-refractivity contribution in [2.45, 2.75) is 38.3 Å². The Kier molecular flexibility index (Phi) is 3.17. The number of phenolic OH excluding ortho intramolecular Hbond substituents is 1. The maximum absolute atomic E-state index is 10.1. The minimum Gasteiger partial charge on any atom is -0.507 e. The highest BCUT2D eigenvalue weighted by Crippen LogP contribution is 2.36. The molecule has 0 spiro atoms. The molecule has 1 saturated carbocycles. The van der Waals surface area contributed by atoms with Gasteiger partial charge in [-0.1, -0.05) is 24.6 Å². The Morgan fingerprint density at radius 3 is 2.62 bits per heavy atom. The number of hydrogen-bond donors (Lipinski definition) is 3. The van der Waals surface area contributed by atoms with Crippen molar-refractivity contribution in [1.29, 1.82) is 0 Å². The van der Waals surface area contributed by atoms with Gasteiger partial charge >= 0.3 is 0 Å². The topological polar surface area (TPSA) is 66.5 Å². The van der Waals surface area contributed by atoms with Gasteiger partial charge in [-0.3, -0.25) is 0 Å². The van der Waals surface area contributed by atoms with Crippen LogP contribution in [-0.4, -0.2) is 16.3 Å². The second-order valence-electron chi connectivity index (χ2n) is 4.72. The Morgan fingerprint density at radius 1 is 1.38 bits per heavy atom. The number of hydrogen-bond acceptors (Lipinski definition) is 3. The molecule has 4 N–H and O–H groups in total. The van der Waals surface area contributed by atoms with E-state index in [1.807, 2.05) is 19.1 Å². The highest BCUT2D eigenvalue weighted by Gasteiger charge is 2.31. The van der Waals surface area contributed by atoms with E-state index in [4.69, 9.17) is 5.73 Å². The van der Waals surface area contributed by atoms with Crippen LogP contribution in [0, 0.1) is 12.8 Å². The Balaban J connectivity index is 2.19. The molecule has 0 radical (unpaired) electrons. The number of rotatable bonds is 3. The highest BCUT2D eigenvalue weighted by atomic mass is 16.3. The van der Waals surface area contributed by atoms with Gasteiger partial charge in [-0.25, -0.2) is 0 Å². The minimum atomic E-state index is -0.540. The normalized spacial score (nSPS) is 20.2. The number of nitrogens with two attached hydrogens (primary N) is 1. The van der Waals surface area contributed by atoms with Gasteiger partial charge in [0.1, 0.15) is 5.75 Å². The van der Waals surface area contributed by atoms with Crippen LogP contribution in [-0.2, 0) is 0 Å². The first-order valence-corrected chi connectivity index (χ1v) is 5.83. The average molecular weight is 221 g/mol. The first-order valence-electron chi connectivity index (χ1n) is 5.83. The average Bonchev–Trinajstić information content (AvgIpc) is 2.18. The maximum Gasteiger partial charge on any atom is 0.123 e. The number of para-hydroxylation sites is 1. The molecule has 2 rings (SSSR count). The molecule has 1 aromatic rings. The monoisotopic (exact) mass is 221 g/mol. The van der Waals surface area contributed by atoms with Gasteiger partial charge in [0.05, 0.1) is 12.1 Å². The third kappa shape index (κ3) is 1.93. The van der Waals surface area contributed by atoms with Crippen LogP contribution in [0.1, 0.15) is 36.4 Å². The Hall–Kier alpha value is -1.06. The van der Waals surface area contributed by atoms with Crippen LogP contribution >= 0.6 is 0 Å². The molecular formula is C13H19NO2. The molecule has 1 aromatic carbocycles. The van der Waals surface area contributed by atoms with Gasteiger partial charge in [0.2, 0.25) is 0 Å². The summed E-state index contributed by atoms with van der Waals surface area (Å²) in [6.07, 6.45) is 2.72. The lowest BCUT2D eigenvalue weighted by atomic mass is 9.77. The number of phenols is 1. The number of aromatic hydroxyl groups is 1. The largest absolute Gasteiger partial charge is 0.507 e. The molecule has 16 heavy (non-hydrogen) atoms. The fraction of sp³-hybridized carbons (Fsp3) is 0.538. The molecule has 0 saturated heterocycles. The molecule has 1 fully saturated rings. The molecule has 3 nitrogen and oxygen atoms in total. The Morgan fingerprint density at radius 2 is 2.06 bits per heavy atom. The Bertz CT molecular complexity index is 374. The molecule has 0 bridgehead atoms. The number of aliphatic hydroxyl groups is 1. The molecule has 0 heterocycles. The summed E-state index contributed by atoms with van der Waals surface area (Å²) in [5.41, 5.74) is 7.46. The summed E-state index contributed by atoms with van der Waals surface area (Å²) >= 11 is 0. The van der Waals surface area contributed by atoms with Gasteiger partial charge in [-0.2, -0.15) is 0 Å². The molecule has 2 atom stereocenters. The summed E-state index contributed by atoms with van der Waals surface area (Å²) < 4.78 is 0. The lowest BCUT2D eigenvalue weighted by Gasteiger charge is -2.34. The number of aliphatic hydroxyl groups excluding tert-OH is 1. The zero-order valence-electron chi connectivity index (χ0n) is 9.56. The van der Waals surface area contributed by atoms with Crippen molar-refractivity contribution in [3.8, 4) is 5.75 Å². The molecule has 0 unspecified atom stereocenters. The standard InChI is InChI=1S/C13H19NO2/c1-8-4-2-7-10(12(8)15)11(14)13(16)9-5-3-6-9/h2,4,7,9,11,13,15-16H,3,5-6,14H2,1H3/t11-,13+/m0/s1. The third-order valence-electron chi connectivity index (χ3n) is 3.63. The van der Waals surface area contributed by atoms with Crippen LogP contribution in [0.15, 0.2) is 18.2 Å². The molecule has 88 valence electrons. The molecule has 0 aromatic heterocycles. The molecular weight excluding hydrogens is 202 g/mol. The first-order chi connectivity index (χ1) is 7.61. The van der Waals surface area contributed by atoms with Crippen molar-refractivity contribution in [3.05, 3.63) is 29.3 Å². The van der Waals surface area contributed by atoms with E-state index in [1.165, 1.54) is 6.42 Å². The fourth-order valence-corrected chi connectivity index (χ4v) is 2.21. The molecule has 3 heteroatoms. The van der Waals surface area contributed by atoms with Crippen molar-refractivity contribution >= 4 is 0 Å². The first kappa shape index (κ1) is 11.4. The van der Waals surface area contributed by atoms with Crippen LogP contribution in [0.4, 0.5) is 0 Å². The lowest BCUT2D eigenvalue weighted by Crippen LogP contribution is -2.36. The summed E-state index contributed by atoms with van der Waals surface area (Å²) in [6, 6.07) is 5.00. The van der Waals surface area contributed by atoms with E-state index in [9.17, 15) is 10.2 Å². The highest BCUT2D eigenvalue weighted by molar-refractivity contribution is 5.41. The quantitative estimate of drug-likeness (QED) is 0.730. The van der Waals surface area contributed by atoms with Crippen LogP contribution in [0.25, 0.3) is 0 Å². The lowest BCUT2D eigenvalue weighted by molar-refractivity contribution is 0.0407. The third-order valence-corrected chi connectivity index (χ3v) is 3.63. The number of benzene rings is 1. The zero-order valence-corrected chi connectivity index (χ0v) is 9.56. The van der Waals surface area contributed by atoms with Gasteiger partial charge in [0.25, 0.3) is 0 Å². The summed E-state index contributed by atoms with van der Waals surface area (Å²) in [5.74, 6) is 0.517. The predicted molar refractivity (Wildman–Crippen MR) is 63.1 cm³/mol. The van der Waals surface area contributed by atoms with Crippen molar-refractivity contribution in [2.24, 2.45) is 11.7 Å². The van der Waals surface area contributed by atoms with E-state index >= 15 is 0 Å². The van der Waals surface area contributed by atoms with E-state index in [2.05, 4.69) is 0 Å². The molecule has 1 aliphatic rings. The SMILES string of the molecule is Cc1cccc([C@H](N)[C@H](O)C2CCC2)c1O. The molecule has 1 aliphatic carbocycles. The van der Waals surface area contributed by atoms with Crippen LogP contribution in [0.3, 0.4) is 0 Å². The fourth-order valence-electron chi connectivity index (χ4n) is 2.21. The van der Waals surface area contributed by atoms with Gasteiger partial charge in [-0.05, 0) is 31.2 Å². The minimum absolute atomic E-state index is 0.216. The van der Waals surface area contributed by atoms with Gasteiger partial charge in [-0.15, -0.1) is 0 Å². The van der Waals surface area contributed by atoms with Crippen molar-refractivity contribution < 1.29 is 10.2 Å². The summed E-state index contributed by atoms with van der Waals surface area (Å²) in [5, 5.41) is 20.0. The summed E-state index contributed by atoms with van der Waals surface area (Å²) in [4.78, 5) is 0. The second-order valence-corrected chi connectivity index (χ2v) is 4.72. The number of aryl methyl sites for hydroxylation is 1. The van der Waals surface area contributed by atoms with Crippen molar-refractivity contribution in [3.63, 3.8) is 0 Å². The predicted octanol–water partition coefficient (Wildman–Crippen LogP) is 1.86. The zero-order chi connectivity index (χ0) is 11.7. The van der Waals surface area contributed by atoms with E-state index in [-0.39, 0.29) is 5.75 Å². The van der Waals surface area contributed by atoms with E-state index < -0.39 is 12.1 Å².